The number of benzene rings is 2. The average molecular weight is 453 g/mol. The number of ether oxygens (including phenoxy) is 1. The lowest BCUT2D eigenvalue weighted by Gasteiger charge is -2.22. The Morgan fingerprint density at radius 3 is 2.38 bits per heavy atom. The van der Waals surface area contributed by atoms with Crippen molar-refractivity contribution in [1.29, 1.82) is 0 Å². The second kappa shape index (κ2) is 8.83. The molecule has 29 heavy (non-hydrogen) atoms. The molecule has 1 amide bonds. The van der Waals surface area contributed by atoms with Crippen molar-refractivity contribution in [1.82, 2.24) is 14.6 Å². The van der Waals surface area contributed by atoms with Gasteiger partial charge < -0.3 is 4.74 Å². The first kappa shape index (κ1) is 20.3. The molecule has 0 atom stereocenters. The molecule has 150 valence electrons. The summed E-state index contributed by atoms with van der Waals surface area (Å²) < 4.78 is 7.15. The number of hydrogen-bond acceptors (Lipinski definition) is 4. The number of aromatic nitrogens is 2. The Hall–Kier alpha value is -1.93. The van der Waals surface area contributed by atoms with E-state index in [2.05, 4.69) is 4.98 Å². The van der Waals surface area contributed by atoms with Crippen LogP contribution in [0.3, 0.4) is 0 Å². The second-order valence-corrected chi connectivity index (χ2v) is 7.84. The van der Waals surface area contributed by atoms with Crippen LogP contribution in [0.25, 0.3) is 17.1 Å². The van der Waals surface area contributed by atoms with Gasteiger partial charge in [-0.3, -0.25) is 4.57 Å². The highest BCUT2D eigenvalue weighted by Gasteiger charge is 2.24. The van der Waals surface area contributed by atoms with Gasteiger partial charge in [-0.05, 0) is 42.5 Å². The molecule has 0 spiro atoms. The van der Waals surface area contributed by atoms with Gasteiger partial charge in [-0.2, -0.15) is 5.43 Å². The number of nitrogens with zero attached hydrogens (tertiary/aromatic N) is 3. The summed E-state index contributed by atoms with van der Waals surface area (Å²) in [7, 11) is 0. The van der Waals surface area contributed by atoms with Crippen LogP contribution in [0.15, 0.2) is 48.7 Å². The summed E-state index contributed by atoms with van der Waals surface area (Å²) >= 11 is 18.5. The minimum absolute atomic E-state index is 0.175. The van der Waals surface area contributed by atoms with E-state index in [9.17, 15) is 4.79 Å². The van der Waals surface area contributed by atoms with Crippen LogP contribution in [0, 0.1) is 0 Å². The van der Waals surface area contributed by atoms with Crippen LogP contribution in [0.1, 0.15) is 10.5 Å². The molecule has 9 heteroatoms. The van der Waals surface area contributed by atoms with Gasteiger partial charge in [0, 0.05) is 27.5 Å². The summed E-state index contributed by atoms with van der Waals surface area (Å²) in [5.41, 5.74) is 3.40. The molecule has 0 aliphatic carbocycles. The van der Waals surface area contributed by atoms with Crippen LogP contribution >= 0.6 is 34.8 Å². The lowest BCUT2D eigenvalue weighted by Crippen LogP contribution is -2.97. The Labute approximate surface area is 182 Å². The van der Waals surface area contributed by atoms with Crippen molar-refractivity contribution in [2.24, 2.45) is 0 Å². The first-order valence-corrected chi connectivity index (χ1v) is 10.2. The number of carbonyl (C=O) groups excluding carboxylic acids is 1. The van der Waals surface area contributed by atoms with Crippen LogP contribution in [-0.4, -0.2) is 46.8 Å². The van der Waals surface area contributed by atoms with E-state index < -0.39 is 0 Å². The van der Waals surface area contributed by atoms with Gasteiger partial charge >= 0.3 is 5.91 Å². The Kier molecular flexibility index (Phi) is 6.20. The first-order chi connectivity index (χ1) is 14.0. The van der Waals surface area contributed by atoms with E-state index in [1.807, 2.05) is 21.7 Å². The minimum Gasteiger partial charge on any atom is -0.378 e. The maximum atomic E-state index is 12.8. The molecule has 6 nitrogen and oxygen atoms in total. The Bertz CT molecular complexity index is 1030. The van der Waals surface area contributed by atoms with Crippen LogP contribution in [0.5, 0.6) is 0 Å². The standard InChI is InChI=1S/C20H17Cl3N4O2/c21-13-1-4-15(5-2-13)27-12-18(20(28)25-26-7-9-29-10-8-26)24-19(27)16-6-3-14(22)11-17(16)23/h1-6,11-12H,7-10H2,(H,25,28)/p+1. The van der Waals surface area contributed by atoms with Crippen molar-refractivity contribution in [2.45, 2.75) is 0 Å². The maximum Gasteiger partial charge on any atom is 0.381 e. The second-order valence-electron chi connectivity index (χ2n) is 6.56. The van der Waals surface area contributed by atoms with Crippen LogP contribution < -0.4 is 5.43 Å². The van der Waals surface area contributed by atoms with E-state index >= 15 is 0 Å². The number of amides is 1. The molecule has 0 radical (unpaired) electrons. The van der Waals surface area contributed by atoms with Gasteiger partial charge in [0.05, 0.1) is 31.3 Å². The van der Waals surface area contributed by atoms with Gasteiger partial charge in [0.2, 0.25) is 0 Å². The SMILES string of the molecule is O=C([NH2+]N1CCOCC1)c1cn(-c2ccc(Cl)cc2)c(-c2ccc(Cl)cc2Cl)n1. The molecule has 2 heterocycles. The number of rotatable bonds is 4. The van der Waals surface area contributed by atoms with E-state index in [0.29, 0.717) is 58.5 Å². The zero-order valence-electron chi connectivity index (χ0n) is 15.3. The summed E-state index contributed by atoms with van der Waals surface area (Å²) in [6.45, 7) is 2.57. The highest BCUT2D eigenvalue weighted by Crippen LogP contribution is 2.31. The quantitative estimate of drug-likeness (QED) is 0.616. The predicted molar refractivity (Wildman–Crippen MR) is 113 cm³/mol. The maximum absolute atomic E-state index is 12.8. The van der Waals surface area contributed by atoms with E-state index in [-0.39, 0.29) is 5.91 Å². The van der Waals surface area contributed by atoms with Crippen LogP contribution in [0.2, 0.25) is 15.1 Å². The Morgan fingerprint density at radius 2 is 1.69 bits per heavy atom. The summed E-state index contributed by atoms with van der Waals surface area (Å²) in [5.74, 6) is 0.374. The van der Waals surface area contributed by atoms with Crippen molar-refractivity contribution in [3.8, 4) is 17.1 Å². The number of imidazole rings is 1. The molecule has 2 N–H and O–H groups in total. The summed E-state index contributed by atoms with van der Waals surface area (Å²) in [4.78, 5) is 17.4. The lowest BCUT2D eigenvalue weighted by atomic mass is 10.2. The van der Waals surface area contributed by atoms with Crippen molar-refractivity contribution < 1.29 is 15.0 Å². The molecule has 0 bridgehead atoms. The number of hydrogen-bond donors (Lipinski definition) is 1. The molecule has 4 rings (SSSR count). The van der Waals surface area contributed by atoms with E-state index in [1.54, 1.807) is 42.0 Å². The molecular formula is C20H18Cl3N4O2+. The number of carbonyl (C=O) groups is 1. The third kappa shape index (κ3) is 4.64. The fourth-order valence-corrected chi connectivity index (χ4v) is 3.72. The highest BCUT2D eigenvalue weighted by atomic mass is 35.5. The summed E-state index contributed by atoms with van der Waals surface area (Å²) in [6.07, 6.45) is 1.71. The van der Waals surface area contributed by atoms with Gasteiger partial charge in [-0.25, -0.2) is 9.78 Å². The van der Waals surface area contributed by atoms with E-state index in [1.165, 1.54) is 0 Å². The average Bonchev–Trinajstić information content (AvgIpc) is 3.14. The zero-order valence-corrected chi connectivity index (χ0v) is 17.6. The molecular weight excluding hydrogens is 435 g/mol. The number of halogens is 3. The van der Waals surface area contributed by atoms with Crippen molar-refractivity contribution >= 4 is 40.7 Å². The van der Waals surface area contributed by atoms with Gasteiger partial charge in [0.15, 0.2) is 5.69 Å². The molecule has 3 aromatic rings. The van der Waals surface area contributed by atoms with E-state index in [4.69, 9.17) is 39.5 Å². The minimum atomic E-state index is -0.175. The largest absolute Gasteiger partial charge is 0.381 e. The van der Waals surface area contributed by atoms with Gasteiger partial charge in [-0.15, -0.1) is 5.01 Å². The predicted octanol–water partition coefficient (Wildman–Crippen LogP) is 3.45. The Morgan fingerprint density at radius 1 is 1.00 bits per heavy atom. The monoisotopic (exact) mass is 451 g/mol. The van der Waals surface area contributed by atoms with Crippen molar-refractivity contribution in [3.05, 3.63) is 69.4 Å². The molecule has 2 aromatic carbocycles. The van der Waals surface area contributed by atoms with Crippen molar-refractivity contribution in [3.63, 3.8) is 0 Å². The summed E-state index contributed by atoms with van der Waals surface area (Å²) in [5, 5.41) is 3.55. The zero-order chi connectivity index (χ0) is 20.4. The third-order valence-electron chi connectivity index (χ3n) is 4.58. The molecule has 0 unspecified atom stereocenters. The third-order valence-corrected chi connectivity index (χ3v) is 5.38. The van der Waals surface area contributed by atoms with Gasteiger partial charge in [0.1, 0.15) is 5.82 Å². The fourth-order valence-electron chi connectivity index (χ4n) is 3.10. The molecule has 1 aliphatic rings. The van der Waals surface area contributed by atoms with Crippen molar-refractivity contribution in [2.75, 3.05) is 26.3 Å². The first-order valence-electron chi connectivity index (χ1n) is 9.03. The number of morpholine rings is 1. The highest BCUT2D eigenvalue weighted by molar-refractivity contribution is 6.36. The smallest absolute Gasteiger partial charge is 0.378 e. The van der Waals surface area contributed by atoms with Gasteiger partial charge in [-0.1, -0.05) is 34.8 Å². The molecule has 1 fully saturated rings. The number of quaternary nitrogens is 1. The number of nitrogens with two attached hydrogens (primary N) is 1. The molecule has 1 aromatic heterocycles. The molecule has 0 saturated carbocycles. The summed E-state index contributed by atoms with van der Waals surface area (Å²) in [6, 6.07) is 12.5. The molecule has 1 saturated heterocycles. The lowest BCUT2D eigenvalue weighted by molar-refractivity contribution is -0.725. The Balaban J connectivity index is 1.73. The van der Waals surface area contributed by atoms with E-state index in [0.717, 1.165) is 5.69 Å². The topological polar surface area (TPSA) is 64.0 Å². The molecule has 1 aliphatic heterocycles. The van der Waals surface area contributed by atoms with Gasteiger partial charge in [0.25, 0.3) is 0 Å². The fraction of sp³-hybridized carbons (Fsp3) is 0.200. The number of primary amides is 1. The van der Waals surface area contributed by atoms with Crippen LogP contribution in [-0.2, 0) is 4.74 Å². The van der Waals surface area contributed by atoms with Crippen LogP contribution in [0.4, 0.5) is 0 Å². The normalized spacial score (nSPS) is 14.9.